The fourth-order valence-corrected chi connectivity index (χ4v) is 2.77. The molecule has 1 aromatic carbocycles. The zero-order chi connectivity index (χ0) is 18.6. The number of hydrogen-bond donors (Lipinski definition) is 0. The van der Waals surface area contributed by atoms with Gasteiger partial charge in [0.05, 0.1) is 6.61 Å². The van der Waals surface area contributed by atoms with Crippen LogP contribution >= 0.6 is 0 Å². The van der Waals surface area contributed by atoms with E-state index in [2.05, 4.69) is 14.9 Å². The van der Waals surface area contributed by atoms with Crippen LogP contribution in [0.4, 0.5) is 13.2 Å². The monoisotopic (exact) mass is 372 g/mol. The van der Waals surface area contributed by atoms with E-state index in [1.54, 1.807) is 31.4 Å². The Morgan fingerprint density at radius 1 is 1.15 bits per heavy atom. The van der Waals surface area contributed by atoms with Gasteiger partial charge < -0.3 is 18.7 Å². The molecule has 1 aliphatic rings. The standard InChI is InChI=1S/C17H19F3N2O4/c1-23-16(6-8-24-9-7-16)15-21-14(22-26-15)13-4-2-12(3-5-13)10-25-11-17(18,19)20/h2-5H,6-11H2,1H3. The van der Waals surface area contributed by atoms with Crippen molar-refractivity contribution in [1.29, 1.82) is 0 Å². The minimum Gasteiger partial charge on any atom is -0.381 e. The molecule has 2 heterocycles. The van der Waals surface area contributed by atoms with Crippen LogP contribution in [-0.4, -0.2) is 43.2 Å². The van der Waals surface area contributed by atoms with E-state index in [-0.39, 0.29) is 6.61 Å². The van der Waals surface area contributed by atoms with E-state index in [1.165, 1.54) is 0 Å². The number of hydrogen-bond acceptors (Lipinski definition) is 6. The summed E-state index contributed by atoms with van der Waals surface area (Å²) in [5, 5.41) is 3.99. The number of rotatable bonds is 6. The first-order valence-electron chi connectivity index (χ1n) is 8.13. The smallest absolute Gasteiger partial charge is 0.381 e. The molecule has 142 valence electrons. The van der Waals surface area contributed by atoms with Crippen molar-refractivity contribution in [3.8, 4) is 11.4 Å². The maximum absolute atomic E-state index is 12.1. The third kappa shape index (κ3) is 4.40. The van der Waals surface area contributed by atoms with Gasteiger partial charge in [-0.05, 0) is 5.56 Å². The molecule has 0 spiro atoms. The average molecular weight is 372 g/mol. The summed E-state index contributed by atoms with van der Waals surface area (Å²) in [5.41, 5.74) is 0.673. The number of halogens is 3. The maximum atomic E-state index is 12.1. The quantitative estimate of drug-likeness (QED) is 0.774. The van der Waals surface area contributed by atoms with Crippen molar-refractivity contribution in [3.63, 3.8) is 0 Å². The molecule has 0 saturated carbocycles. The minimum atomic E-state index is -4.33. The summed E-state index contributed by atoms with van der Waals surface area (Å²) < 4.78 is 57.3. The first-order chi connectivity index (χ1) is 12.4. The van der Waals surface area contributed by atoms with Crippen molar-refractivity contribution in [2.24, 2.45) is 0 Å². The first-order valence-corrected chi connectivity index (χ1v) is 8.13. The molecule has 1 fully saturated rings. The molecule has 0 aliphatic carbocycles. The molecule has 0 N–H and O–H groups in total. The molecule has 6 nitrogen and oxygen atoms in total. The summed E-state index contributed by atoms with van der Waals surface area (Å²) in [6, 6.07) is 6.76. The molecule has 2 aromatic rings. The van der Waals surface area contributed by atoms with Gasteiger partial charge in [-0.15, -0.1) is 0 Å². The van der Waals surface area contributed by atoms with Crippen LogP contribution in [-0.2, 0) is 26.4 Å². The van der Waals surface area contributed by atoms with Crippen LogP contribution in [0, 0.1) is 0 Å². The van der Waals surface area contributed by atoms with Gasteiger partial charge in [-0.3, -0.25) is 0 Å². The van der Waals surface area contributed by atoms with E-state index >= 15 is 0 Å². The number of nitrogens with zero attached hydrogens (tertiary/aromatic N) is 2. The van der Waals surface area contributed by atoms with Crippen molar-refractivity contribution in [2.75, 3.05) is 26.9 Å². The average Bonchev–Trinajstić information content (AvgIpc) is 3.12. The maximum Gasteiger partial charge on any atom is 0.411 e. The Bertz CT molecular complexity index is 710. The predicted molar refractivity (Wildman–Crippen MR) is 84.2 cm³/mol. The molecule has 1 saturated heterocycles. The lowest BCUT2D eigenvalue weighted by Gasteiger charge is -2.32. The molecule has 0 bridgehead atoms. The number of ether oxygens (including phenoxy) is 3. The molecular formula is C17H19F3N2O4. The lowest BCUT2D eigenvalue weighted by Crippen LogP contribution is -2.35. The summed E-state index contributed by atoms with van der Waals surface area (Å²) in [5.74, 6) is 0.793. The lowest BCUT2D eigenvalue weighted by atomic mass is 9.94. The van der Waals surface area contributed by atoms with E-state index in [9.17, 15) is 13.2 Å². The second-order valence-electron chi connectivity index (χ2n) is 6.04. The minimum absolute atomic E-state index is 0.121. The molecule has 26 heavy (non-hydrogen) atoms. The van der Waals surface area contributed by atoms with Crippen LogP contribution < -0.4 is 0 Å². The Morgan fingerprint density at radius 2 is 1.85 bits per heavy atom. The normalized spacial score (nSPS) is 17.4. The van der Waals surface area contributed by atoms with Crippen molar-refractivity contribution < 1.29 is 31.9 Å². The third-order valence-corrected chi connectivity index (χ3v) is 4.25. The topological polar surface area (TPSA) is 66.6 Å². The van der Waals surface area contributed by atoms with Gasteiger partial charge in [-0.2, -0.15) is 18.2 Å². The highest BCUT2D eigenvalue weighted by atomic mass is 19.4. The van der Waals surface area contributed by atoms with E-state index in [0.29, 0.717) is 48.9 Å². The Balaban J connectivity index is 1.67. The highest BCUT2D eigenvalue weighted by molar-refractivity contribution is 5.54. The predicted octanol–water partition coefficient (Wildman–Crippen LogP) is 3.47. The van der Waals surface area contributed by atoms with Crippen LogP contribution in [0.2, 0.25) is 0 Å². The fraction of sp³-hybridized carbons (Fsp3) is 0.529. The van der Waals surface area contributed by atoms with Gasteiger partial charge in [-0.1, -0.05) is 29.4 Å². The number of methoxy groups -OCH3 is 1. The molecule has 0 amide bonds. The van der Waals surface area contributed by atoms with Crippen LogP contribution in [0.3, 0.4) is 0 Å². The van der Waals surface area contributed by atoms with Crippen molar-refractivity contribution in [2.45, 2.75) is 31.2 Å². The van der Waals surface area contributed by atoms with Crippen molar-refractivity contribution in [1.82, 2.24) is 10.1 Å². The SMILES string of the molecule is COC1(c2nc(-c3ccc(COCC(F)(F)F)cc3)no2)CCOCC1. The molecule has 1 aliphatic heterocycles. The molecule has 1 aromatic heterocycles. The van der Waals surface area contributed by atoms with E-state index in [4.69, 9.17) is 14.0 Å². The summed E-state index contributed by atoms with van der Waals surface area (Å²) in [6.07, 6.45) is -3.08. The summed E-state index contributed by atoms with van der Waals surface area (Å²) in [6.45, 7) is -0.286. The Morgan fingerprint density at radius 3 is 2.46 bits per heavy atom. The number of alkyl halides is 3. The zero-order valence-electron chi connectivity index (χ0n) is 14.2. The van der Waals surface area contributed by atoms with Gasteiger partial charge in [0.15, 0.2) is 5.60 Å². The van der Waals surface area contributed by atoms with Crippen molar-refractivity contribution in [3.05, 3.63) is 35.7 Å². The largest absolute Gasteiger partial charge is 0.411 e. The van der Waals surface area contributed by atoms with Gasteiger partial charge in [-0.25, -0.2) is 0 Å². The summed E-state index contributed by atoms with van der Waals surface area (Å²) in [7, 11) is 1.60. The van der Waals surface area contributed by atoms with Gasteiger partial charge in [0.2, 0.25) is 5.82 Å². The molecule has 9 heteroatoms. The first kappa shape index (κ1) is 18.8. The van der Waals surface area contributed by atoms with E-state index in [0.717, 1.165) is 0 Å². The number of aromatic nitrogens is 2. The fourth-order valence-electron chi connectivity index (χ4n) is 2.77. The molecule has 0 unspecified atom stereocenters. The van der Waals surface area contributed by atoms with Crippen molar-refractivity contribution >= 4 is 0 Å². The molecule has 0 radical (unpaired) electrons. The van der Waals surface area contributed by atoms with Crippen LogP contribution in [0.25, 0.3) is 11.4 Å². The summed E-state index contributed by atoms with van der Waals surface area (Å²) >= 11 is 0. The summed E-state index contributed by atoms with van der Waals surface area (Å²) in [4.78, 5) is 4.43. The zero-order valence-corrected chi connectivity index (χ0v) is 14.2. The molecule has 0 atom stereocenters. The van der Waals surface area contributed by atoms with Gasteiger partial charge in [0.25, 0.3) is 5.89 Å². The number of benzene rings is 1. The van der Waals surface area contributed by atoms with E-state index in [1.807, 2.05) is 0 Å². The van der Waals surface area contributed by atoms with Crippen LogP contribution in [0.5, 0.6) is 0 Å². The molecule has 3 rings (SSSR count). The second-order valence-corrected chi connectivity index (χ2v) is 6.04. The molecular weight excluding hydrogens is 353 g/mol. The van der Waals surface area contributed by atoms with Crippen LogP contribution in [0.15, 0.2) is 28.8 Å². The van der Waals surface area contributed by atoms with Crippen LogP contribution in [0.1, 0.15) is 24.3 Å². The van der Waals surface area contributed by atoms with E-state index < -0.39 is 18.4 Å². The Labute approximate surface area is 148 Å². The highest BCUT2D eigenvalue weighted by Crippen LogP contribution is 2.35. The van der Waals surface area contributed by atoms with Gasteiger partial charge >= 0.3 is 6.18 Å². The Hall–Kier alpha value is -1.97. The third-order valence-electron chi connectivity index (χ3n) is 4.25. The second kappa shape index (κ2) is 7.73. The Kier molecular flexibility index (Phi) is 5.59. The highest BCUT2D eigenvalue weighted by Gasteiger charge is 2.40. The van der Waals surface area contributed by atoms with Gasteiger partial charge in [0.1, 0.15) is 6.61 Å². The lowest BCUT2D eigenvalue weighted by molar-refractivity contribution is -0.176. The van der Waals surface area contributed by atoms with Gasteiger partial charge in [0, 0.05) is 38.7 Å².